The summed E-state index contributed by atoms with van der Waals surface area (Å²) in [6.07, 6.45) is 2.10. The van der Waals surface area contributed by atoms with Gasteiger partial charge in [0.05, 0.1) is 12.3 Å². The molecule has 1 saturated heterocycles. The Bertz CT molecular complexity index is 725. The third-order valence-electron chi connectivity index (χ3n) is 4.86. The zero-order valence-corrected chi connectivity index (χ0v) is 14.4. The molecule has 1 aromatic carbocycles. The van der Waals surface area contributed by atoms with Gasteiger partial charge in [-0.3, -0.25) is 0 Å². The molecular formula is C18H24FN3O3. The van der Waals surface area contributed by atoms with Crippen molar-refractivity contribution >= 4 is 17.1 Å². The monoisotopic (exact) mass is 349 g/mol. The van der Waals surface area contributed by atoms with E-state index in [0.717, 1.165) is 50.0 Å². The van der Waals surface area contributed by atoms with Crippen LogP contribution in [0.5, 0.6) is 0 Å². The van der Waals surface area contributed by atoms with Crippen molar-refractivity contribution in [3.8, 4) is 0 Å². The summed E-state index contributed by atoms with van der Waals surface area (Å²) in [4.78, 5) is 13.0. The second kappa shape index (κ2) is 7.82. The Morgan fingerprint density at radius 2 is 2.24 bits per heavy atom. The Morgan fingerprint density at radius 1 is 1.48 bits per heavy atom. The second-order valence-corrected chi connectivity index (χ2v) is 6.84. The van der Waals surface area contributed by atoms with Crippen LogP contribution in [0.4, 0.5) is 9.18 Å². The molecule has 1 aliphatic rings. The second-order valence-electron chi connectivity index (χ2n) is 6.84. The van der Waals surface area contributed by atoms with E-state index in [2.05, 4.69) is 17.0 Å². The Kier molecular flexibility index (Phi) is 5.53. The molecule has 2 N–H and O–H groups in total. The molecule has 25 heavy (non-hydrogen) atoms. The minimum Gasteiger partial charge on any atom is -0.450 e. The lowest BCUT2D eigenvalue weighted by Gasteiger charge is -2.32. The zero-order chi connectivity index (χ0) is 17.8. The van der Waals surface area contributed by atoms with E-state index in [1.807, 2.05) is 0 Å². The molecule has 0 spiro atoms. The topological polar surface area (TPSA) is 81.6 Å². The van der Waals surface area contributed by atoms with Crippen molar-refractivity contribution in [3.05, 3.63) is 29.7 Å². The third-order valence-corrected chi connectivity index (χ3v) is 4.86. The number of hydrogen-bond acceptors (Lipinski definition) is 5. The number of nitrogens with zero attached hydrogens (tertiary/aromatic N) is 2. The molecule has 136 valence electrons. The molecule has 1 fully saturated rings. The summed E-state index contributed by atoms with van der Waals surface area (Å²) >= 11 is 0. The first kappa shape index (κ1) is 17.7. The van der Waals surface area contributed by atoms with Crippen LogP contribution in [-0.4, -0.2) is 42.4 Å². The predicted molar refractivity (Wildman–Crippen MR) is 91.7 cm³/mol. The van der Waals surface area contributed by atoms with E-state index in [-0.39, 0.29) is 5.82 Å². The van der Waals surface area contributed by atoms with E-state index in [1.165, 1.54) is 12.1 Å². The number of carbonyl (C=O) groups is 1. The van der Waals surface area contributed by atoms with Gasteiger partial charge in [-0.25, -0.2) is 9.18 Å². The summed E-state index contributed by atoms with van der Waals surface area (Å²) in [7, 11) is 0. The average molecular weight is 349 g/mol. The maximum atomic E-state index is 13.3. The molecule has 1 aromatic heterocycles. The van der Waals surface area contributed by atoms with E-state index in [1.54, 1.807) is 6.07 Å². The molecule has 2 heterocycles. The molecule has 6 nitrogen and oxygen atoms in total. The molecule has 1 amide bonds. The van der Waals surface area contributed by atoms with Crippen LogP contribution in [0, 0.1) is 11.7 Å². The first-order valence-corrected chi connectivity index (χ1v) is 8.72. The van der Waals surface area contributed by atoms with Gasteiger partial charge in [0, 0.05) is 23.9 Å². The lowest BCUT2D eigenvalue weighted by atomic mass is 9.91. The van der Waals surface area contributed by atoms with Gasteiger partial charge in [-0.1, -0.05) is 12.1 Å². The fourth-order valence-corrected chi connectivity index (χ4v) is 3.51. The molecule has 0 bridgehead atoms. The number of benzene rings is 1. The number of amides is 1. The molecule has 1 atom stereocenters. The number of rotatable bonds is 6. The van der Waals surface area contributed by atoms with Gasteiger partial charge in [0.1, 0.15) is 5.82 Å². The smallest absolute Gasteiger partial charge is 0.404 e. The largest absolute Gasteiger partial charge is 0.450 e. The minimum atomic E-state index is -0.715. The standard InChI is InChI=1S/C18H24FN3O3/c1-12(6-9-24-18(20)23)11-22-7-4-13(5-8-22)17-15-3-2-14(19)10-16(15)25-21-17/h2-3,10,12-13H,4-9,11H2,1H3,(H2,20,23). The number of primary amides is 1. The molecular weight excluding hydrogens is 325 g/mol. The van der Waals surface area contributed by atoms with E-state index < -0.39 is 6.09 Å². The maximum Gasteiger partial charge on any atom is 0.404 e. The Hall–Kier alpha value is -2.15. The highest BCUT2D eigenvalue weighted by Gasteiger charge is 2.25. The van der Waals surface area contributed by atoms with Crippen LogP contribution in [0.3, 0.4) is 0 Å². The molecule has 2 aromatic rings. The molecule has 7 heteroatoms. The molecule has 0 aliphatic carbocycles. The molecule has 1 unspecified atom stereocenters. The Morgan fingerprint density at radius 3 is 2.96 bits per heavy atom. The third kappa shape index (κ3) is 4.48. The number of nitrogens with two attached hydrogens (primary N) is 1. The normalized spacial score (nSPS) is 17.7. The number of halogens is 1. The van der Waals surface area contributed by atoms with E-state index in [0.29, 0.717) is 24.0 Å². The van der Waals surface area contributed by atoms with Crippen LogP contribution in [0.25, 0.3) is 11.0 Å². The number of hydrogen-bond donors (Lipinski definition) is 1. The summed E-state index contributed by atoms with van der Waals surface area (Å²) in [5.41, 5.74) is 6.42. The fourth-order valence-electron chi connectivity index (χ4n) is 3.51. The maximum absolute atomic E-state index is 13.3. The SMILES string of the molecule is CC(CCOC(N)=O)CN1CCC(c2noc3cc(F)ccc23)CC1. The van der Waals surface area contributed by atoms with Crippen molar-refractivity contribution in [2.24, 2.45) is 11.7 Å². The first-order chi connectivity index (χ1) is 12.0. The summed E-state index contributed by atoms with van der Waals surface area (Å²) in [6, 6.07) is 4.59. The summed E-state index contributed by atoms with van der Waals surface area (Å²) in [5.74, 6) is 0.475. The van der Waals surface area contributed by atoms with Crippen molar-refractivity contribution in [2.45, 2.75) is 32.1 Å². The molecule has 3 rings (SSSR count). The lowest BCUT2D eigenvalue weighted by molar-refractivity contribution is 0.137. The van der Waals surface area contributed by atoms with Gasteiger partial charge >= 0.3 is 6.09 Å². The van der Waals surface area contributed by atoms with Crippen molar-refractivity contribution in [1.29, 1.82) is 0 Å². The molecule has 0 saturated carbocycles. The number of fused-ring (bicyclic) bond motifs is 1. The molecule has 0 radical (unpaired) electrons. The van der Waals surface area contributed by atoms with Gasteiger partial charge in [-0.2, -0.15) is 0 Å². The Balaban J connectivity index is 1.50. The van der Waals surface area contributed by atoms with Crippen molar-refractivity contribution in [1.82, 2.24) is 10.1 Å². The van der Waals surface area contributed by atoms with Crippen molar-refractivity contribution < 1.29 is 18.4 Å². The molecule has 1 aliphatic heterocycles. The van der Waals surface area contributed by atoms with Gasteiger partial charge in [0.2, 0.25) is 0 Å². The van der Waals surface area contributed by atoms with Crippen LogP contribution in [-0.2, 0) is 4.74 Å². The van der Waals surface area contributed by atoms with Crippen LogP contribution in [0.1, 0.15) is 37.8 Å². The van der Waals surface area contributed by atoms with Crippen molar-refractivity contribution in [3.63, 3.8) is 0 Å². The van der Waals surface area contributed by atoms with Crippen LogP contribution in [0.15, 0.2) is 22.7 Å². The van der Waals surface area contributed by atoms with Gasteiger partial charge < -0.3 is 19.9 Å². The minimum absolute atomic E-state index is 0.306. The van der Waals surface area contributed by atoms with Crippen molar-refractivity contribution in [2.75, 3.05) is 26.2 Å². The fraction of sp³-hybridized carbons (Fsp3) is 0.556. The highest BCUT2D eigenvalue weighted by atomic mass is 19.1. The average Bonchev–Trinajstić information content (AvgIpc) is 2.98. The predicted octanol–water partition coefficient (Wildman–Crippen LogP) is 3.27. The summed E-state index contributed by atoms with van der Waals surface area (Å²) < 4.78 is 23.3. The van der Waals surface area contributed by atoms with Crippen LogP contribution < -0.4 is 5.73 Å². The van der Waals surface area contributed by atoms with Gasteiger partial charge in [-0.15, -0.1) is 0 Å². The number of ether oxygens (including phenoxy) is 1. The first-order valence-electron chi connectivity index (χ1n) is 8.72. The van der Waals surface area contributed by atoms with Gasteiger partial charge in [0.25, 0.3) is 0 Å². The van der Waals surface area contributed by atoms with E-state index in [9.17, 15) is 9.18 Å². The number of carbonyl (C=O) groups excluding carboxylic acids is 1. The highest BCUT2D eigenvalue weighted by molar-refractivity contribution is 5.79. The van der Waals surface area contributed by atoms with Gasteiger partial charge in [-0.05, 0) is 50.4 Å². The number of likely N-dealkylation sites (tertiary alicyclic amines) is 1. The highest BCUT2D eigenvalue weighted by Crippen LogP contribution is 2.33. The van der Waals surface area contributed by atoms with E-state index >= 15 is 0 Å². The number of piperidine rings is 1. The lowest BCUT2D eigenvalue weighted by Crippen LogP contribution is -2.36. The van der Waals surface area contributed by atoms with Crippen LogP contribution >= 0.6 is 0 Å². The zero-order valence-electron chi connectivity index (χ0n) is 14.4. The number of aromatic nitrogens is 1. The van der Waals surface area contributed by atoms with E-state index in [4.69, 9.17) is 15.0 Å². The summed E-state index contributed by atoms with van der Waals surface area (Å²) in [6.45, 7) is 5.46. The van der Waals surface area contributed by atoms with Gasteiger partial charge in [0.15, 0.2) is 5.58 Å². The summed E-state index contributed by atoms with van der Waals surface area (Å²) in [5, 5.41) is 5.10. The quantitative estimate of drug-likeness (QED) is 0.865. The van der Waals surface area contributed by atoms with Crippen LogP contribution in [0.2, 0.25) is 0 Å². The Labute approximate surface area is 146 Å².